The lowest BCUT2D eigenvalue weighted by molar-refractivity contribution is 1.60. The second-order valence-electron chi connectivity index (χ2n) is 13.3. The Labute approximate surface area is 291 Å². The van der Waals surface area contributed by atoms with E-state index in [1.54, 1.807) is 0 Å². The molecule has 0 saturated heterocycles. The highest BCUT2D eigenvalue weighted by atomic mass is 14.2. The van der Waals surface area contributed by atoms with Crippen LogP contribution in [-0.2, 0) is 0 Å². The van der Waals surface area contributed by atoms with Gasteiger partial charge in [0, 0.05) is 0 Å². The van der Waals surface area contributed by atoms with Crippen LogP contribution in [0, 0.1) is 0 Å². The van der Waals surface area contributed by atoms with E-state index in [9.17, 15) is 0 Å². The van der Waals surface area contributed by atoms with Gasteiger partial charge in [-0.1, -0.05) is 170 Å². The summed E-state index contributed by atoms with van der Waals surface area (Å²) in [6.07, 6.45) is 0. The minimum Gasteiger partial charge on any atom is -0.0616 e. The fourth-order valence-corrected chi connectivity index (χ4v) is 7.97. The Balaban J connectivity index is 1.06. The largest absolute Gasteiger partial charge is 0.0616 e. The first-order valence-electron chi connectivity index (χ1n) is 17.3. The fourth-order valence-electron chi connectivity index (χ4n) is 7.97. The van der Waals surface area contributed by atoms with Gasteiger partial charge in [-0.2, -0.15) is 0 Å². The first kappa shape index (κ1) is 28.5. The lowest BCUT2D eigenvalue weighted by atomic mass is 9.90. The summed E-state index contributed by atoms with van der Waals surface area (Å²) in [5.41, 5.74) is 9.90. The molecule has 0 amide bonds. The number of hydrogen-bond acceptors (Lipinski definition) is 0. The molecule has 0 aliphatic rings. The number of benzene rings is 10. The van der Waals surface area contributed by atoms with Crippen LogP contribution in [0.2, 0.25) is 0 Å². The minimum atomic E-state index is 1.21. The molecular formula is C50H32. The van der Waals surface area contributed by atoms with E-state index in [4.69, 9.17) is 0 Å². The third-order valence-electron chi connectivity index (χ3n) is 10.4. The van der Waals surface area contributed by atoms with Crippen molar-refractivity contribution in [2.45, 2.75) is 0 Å². The molecule has 0 bridgehead atoms. The second kappa shape index (κ2) is 11.6. The van der Waals surface area contributed by atoms with Crippen LogP contribution in [0.4, 0.5) is 0 Å². The fraction of sp³-hybridized carbons (Fsp3) is 0. The molecule has 0 aliphatic heterocycles. The monoisotopic (exact) mass is 632 g/mol. The Kier molecular flexibility index (Phi) is 6.60. The van der Waals surface area contributed by atoms with Crippen LogP contribution in [0.1, 0.15) is 0 Å². The minimum absolute atomic E-state index is 1.21. The van der Waals surface area contributed by atoms with Gasteiger partial charge < -0.3 is 0 Å². The van der Waals surface area contributed by atoms with Crippen LogP contribution in [0.25, 0.3) is 98.4 Å². The first-order valence-corrected chi connectivity index (χ1v) is 17.3. The number of hydrogen-bond donors (Lipinski definition) is 0. The molecule has 232 valence electrons. The van der Waals surface area contributed by atoms with Gasteiger partial charge in [-0.25, -0.2) is 0 Å². The number of rotatable bonds is 4. The SMILES string of the molecule is c1ccc2c(-c3ccc(-c4cc5ccccc5c5ccccc45)cc3)cc(-c3ccc(-c4cc5ccccc5c5ccccc45)cc3)cc2c1. The van der Waals surface area contributed by atoms with E-state index < -0.39 is 0 Å². The van der Waals surface area contributed by atoms with E-state index in [1.165, 1.54) is 98.4 Å². The Morgan fingerprint density at radius 1 is 0.180 bits per heavy atom. The van der Waals surface area contributed by atoms with Crippen LogP contribution < -0.4 is 0 Å². The lowest BCUT2D eigenvalue weighted by Crippen LogP contribution is -1.88. The molecule has 0 saturated carbocycles. The summed E-state index contributed by atoms with van der Waals surface area (Å²) in [5, 5.41) is 12.8. The Morgan fingerprint density at radius 2 is 0.500 bits per heavy atom. The average molecular weight is 633 g/mol. The van der Waals surface area contributed by atoms with Crippen molar-refractivity contribution in [2.24, 2.45) is 0 Å². The summed E-state index contributed by atoms with van der Waals surface area (Å²) in [7, 11) is 0. The van der Waals surface area contributed by atoms with E-state index in [2.05, 4.69) is 194 Å². The van der Waals surface area contributed by atoms with Gasteiger partial charge in [0.15, 0.2) is 0 Å². The van der Waals surface area contributed by atoms with Crippen LogP contribution >= 0.6 is 0 Å². The zero-order valence-corrected chi connectivity index (χ0v) is 27.5. The first-order chi connectivity index (χ1) is 24.8. The van der Waals surface area contributed by atoms with Gasteiger partial charge >= 0.3 is 0 Å². The van der Waals surface area contributed by atoms with Crippen LogP contribution in [0.15, 0.2) is 194 Å². The average Bonchev–Trinajstić information content (AvgIpc) is 3.20. The highest BCUT2D eigenvalue weighted by Gasteiger charge is 2.13. The third-order valence-corrected chi connectivity index (χ3v) is 10.4. The van der Waals surface area contributed by atoms with E-state index in [0.29, 0.717) is 0 Å². The molecule has 10 rings (SSSR count). The standard InChI is InChI=1S/C50H32/c1-6-16-43-37(11-1)29-40(33-21-23-35(24-22-33)49-30-38-12-2-4-14-41(38)44-17-7-9-19-46(44)49)32-48(43)34-25-27-36(28-26-34)50-31-39-13-3-5-15-42(39)45-18-8-10-20-47(45)50/h1-32H. The molecule has 0 nitrogen and oxygen atoms in total. The van der Waals surface area contributed by atoms with Crippen LogP contribution in [0.3, 0.4) is 0 Å². The smallest absolute Gasteiger partial charge is 0.00990 e. The molecule has 0 fully saturated rings. The zero-order valence-electron chi connectivity index (χ0n) is 27.5. The van der Waals surface area contributed by atoms with E-state index >= 15 is 0 Å². The van der Waals surface area contributed by atoms with E-state index in [0.717, 1.165) is 0 Å². The molecule has 0 spiro atoms. The molecule has 50 heavy (non-hydrogen) atoms. The van der Waals surface area contributed by atoms with Crippen molar-refractivity contribution in [3.05, 3.63) is 194 Å². The highest BCUT2D eigenvalue weighted by molar-refractivity contribution is 6.15. The summed E-state index contributed by atoms with van der Waals surface area (Å²) in [5.74, 6) is 0. The highest BCUT2D eigenvalue weighted by Crippen LogP contribution is 2.40. The molecule has 10 aromatic carbocycles. The quantitative estimate of drug-likeness (QED) is 0.169. The predicted molar refractivity (Wildman–Crippen MR) is 216 cm³/mol. The maximum atomic E-state index is 2.36. The van der Waals surface area contributed by atoms with Gasteiger partial charge in [-0.3, -0.25) is 0 Å². The molecule has 0 radical (unpaired) electrons. The summed E-state index contributed by atoms with van der Waals surface area (Å²) in [6.45, 7) is 0. The van der Waals surface area contributed by atoms with Crippen molar-refractivity contribution in [3.8, 4) is 44.5 Å². The summed E-state index contributed by atoms with van der Waals surface area (Å²) in [4.78, 5) is 0. The third kappa shape index (κ3) is 4.69. The summed E-state index contributed by atoms with van der Waals surface area (Å²) in [6, 6.07) is 71.3. The second-order valence-corrected chi connectivity index (χ2v) is 13.3. The molecule has 0 atom stereocenters. The zero-order chi connectivity index (χ0) is 33.0. The predicted octanol–water partition coefficient (Wildman–Crippen LogP) is 14.1. The maximum absolute atomic E-state index is 2.36. The molecule has 0 heteroatoms. The lowest BCUT2D eigenvalue weighted by Gasteiger charge is -2.14. The van der Waals surface area contributed by atoms with Gasteiger partial charge in [0.05, 0.1) is 0 Å². The number of fused-ring (bicyclic) bond motifs is 7. The van der Waals surface area contributed by atoms with E-state index in [-0.39, 0.29) is 0 Å². The Bertz CT molecular complexity index is 2890. The van der Waals surface area contributed by atoms with Crippen molar-refractivity contribution in [2.75, 3.05) is 0 Å². The van der Waals surface area contributed by atoms with E-state index in [1.807, 2.05) is 0 Å². The van der Waals surface area contributed by atoms with Gasteiger partial charge in [0.1, 0.15) is 0 Å². The molecule has 0 heterocycles. The molecule has 0 unspecified atom stereocenters. The van der Waals surface area contributed by atoms with Gasteiger partial charge in [-0.15, -0.1) is 0 Å². The van der Waals surface area contributed by atoms with Gasteiger partial charge in [-0.05, 0) is 123 Å². The van der Waals surface area contributed by atoms with Crippen LogP contribution in [-0.4, -0.2) is 0 Å². The molecule has 0 aliphatic carbocycles. The normalized spacial score (nSPS) is 11.6. The molecule has 0 aromatic heterocycles. The van der Waals surface area contributed by atoms with Gasteiger partial charge in [0.2, 0.25) is 0 Å². The molecule has 0 N–H and O–H groups in total. The van der Waals surface area contributed by atoms with Gasteiger partial charge in [0.25, 0.3) is 0 Å². The van der Waals surface area contributed by atoms with Crippen molar-refractivity contribution in [1.29, 1.82) is 0 Å². The van der Waals surface area contributed by atoms with Crippen molar-refractivity contribution < 1.29 is 0 Å². The summed E-state index contributed by atoms with van der Waals surface area (Å²) < 4.78 is 0. The van der Waals surface area contributed by atoms with Crippen molar-refractivity contribution in [3.63, 3.8) is 0 Å². The topological polar surface area (TPSA) is 0 Å². The maximum Gasteiger partial charge on any atom is -0.00990 e. The van der Waals surface area contributed by atoms with Crippen molar-refractivity contribution in [1.82, 2.24) is 0 Å². The van der Waals surface area contributed by atoms with Crippen LogP contribution in [0.5, 0.6) is 0 Å². The molecule has 10 aromatic rings. The molecular weight excluding hydrogens is 601 g/mol. The summed E-state index contributed by atoms with van der Waals surface area (Å²) >= 11 is 0. The Hall–Kier alpha value is -6.50. The van der Waals surface area contributed by atoms with Crippen molar-refractivity contribution >= 4 is 53.9 Å². The Morgan fingerprint density at radius 3 is 0.960 bits per heavy atom.